The van der Waals surface area contributed by atoms with Crippen LogP contribution >= 0.6 is 11.6 Å². The first-order valence-corrected chi connectivity index (χ1v) is 4.35. The molecule has 1 aromatic rings. The Kier molecular flexibility index (Phi) is 3.74. The molecule has 0 saturated carbocycles. The van der Waals surface area contributed by atoms with E-state index in [-0.39, 0.29) is 11.3 Å². The molecular formula is C9H5ClF2N2O2. The van der Waals surface area contributed by atoms with E-state index in [9.17, 15) is 13.6 Å². The highest BCUT2D eigenvalue weighted by molar-refractivity contribution is 6.68. The van der Waals surface area contributed by atoms with Gasteiger partial charge in [-0.05, 0) is 11.6 Å². The molecule has 0 aliphatic heterocycles. The second-order valence-corrected chi connectivity index (χ2v) is 2.99. The monoisotopic (exact) mass is 246 g/mol. The van der Waals surface area contributed by atoms with E-state index in [0.717, 1.165) is 13.3 Å². The zero-order chi connectivity index (χ0) is 12.3. The minimum Gasteiger partial charge on any atom is -0.494 e. The van der Waals surface area contributed by atoms with Gasteiger partial charge in [0, 0.05) is 6.20 Å². The second kappa shape index (κ2) is 4.86. The molecule has 7 heteroatoms. The Hall–Kier alpha value is -1.74. The van der Waals surface area contributed by atoms with Crippen molar-refractivity contribution in [1.82, 2.24) is 4.98 Å². The summed E-state index contributed by atoms with van der Waals surface area (Å²) in [6, 6.07) is 1.51. The molecule has 0 atom stereocenters. The van der Waals surface area contributed by atoms with Crippen LogP contribution in [0.4, 0.5) is 8.78 Å². The number of rotatable bonds is 3. The number of nitriles is 1. The standard InChI is InChI=1S/C9H5ClF2N2O2/c1-16-7-4(2-13)6(9(11)12)14-3-5(7)8(10)15/h3,9H,1H3. The Morgan fingerprint density at radius 2 is 2.31 bits per heavy atom. The summed E-state index contributed by atoms with van der Waals surface area (Å²) < 4.78 is 29.7. The van der Waals surface area contributed by atoms with E-state index in [1.807, 2.05) is 0 Å². The molecule has 4 nitrogen and oxygen atoms in total. The van der Waals surface area contributed by atoms with Gasteiger partial charge in [-0.25, -0.2) is 8.78 Å². The van der Waals surface area contributed by atoms with E-state index < -0.39 is 22.9 Å². The second-order valence-electron chi connectivity index (χ2n) is 2.65. The third-order valence-electron chi connectivity index (χ3n) is 1.79. The van der Waals surface area contributed by atoms with Gasteiger partial charge in [0.25, 0.3) is 11.7 Å². The highest BCUT2D eigenvalue weighted by Crippen LogP contribution is 2.31. The molecule has 0 aliphatic rings. The third-order valence-corrected chi connectivity index (χ3v) is 2.00. The molecule has 0 bridgehead atoms. The normalized spacial score (nSPS) is 10.0. The smallest absolute Gasteiger partial charge is 0.281 e. The summed E-state index contributed by atoms with van der Waals surface area (Å²) in [5.74, 6) is -0.284. The van der Waals surface area contributed by atoms with Crippen LogP contribution in [0.1, 0.15) is 28.0 Å². The predicted molar refractivity (Wildman–Crippen MR) is 50.6 cm³/mol. The van der Waals surface area contributed by atoms with Crippen molar-refractivity contribution in [2.24, 2.45) is 0 Å². The van der Waals surface area contributed by atoms with Crippen LogP contribution in [0.15, 0.2) is 6.20 Å². The molecule has 0 N–H and O–H groups in total. The van der Waals surface area contributed by atoms with Crippen LogP contribution < -0.4 is 4.74 Å². The zero-order valence-electron chi connectivity index (χ0n) is 8.00. The number of hydrogen-bond donors (Lipinski definition) is 0. The lowest BCUT2D eigenvalue weighted by Crippen LogP contribution is -2.04. The van der Waals surface area contributed by atoms with Crippen molar-refractivity contribution in [1.29, 1.82) is 5.26 Å². The van der Waals surface area contributed by atoms with Crippen molar-refractivity contribution >= 4 is 16.8 Å². The molecule has 1 aromatic heterocycles. The summed E-state index contributed by atoms with van der Waals surface area (Å²) in [4.78, 5) is 14.2. The molecule has 84 valence electrons. The largest absolute Gasteiger partial charge is 0.494 e. The first-order valence-electron chi connectivity index (χ1n) is 3.97. The minimum atomic E-state index is -2.93. The van der Waals surface area contributed by atoms with E-state index >= 15 is 0 Å². The van der Waals surface area contributed by atoms with Crippen LogP contribution in [0.25, 0.3) is 0 Å². The van der Waals surface area contributed by atoms with Crippen molar-refractivity contribution in [3.63, 3.8) is 0 Å². The summed E-state index contributed by atoms with van der Waals surface area (Å²) in [5.41, 5.74) is -1.44. The van der Waals surface area contributed by atoms with Crippen molar-refractivity contribution in [3.05, 3.63) is 23.0 Å². The van der Waals surface area contributed by atoms with Gasteiger partial charge in [0.2, 0.25) is 0 Å². The van der Waals surface area contributed by atoms with Crippen LogP contribution in [-0.4, -0.2) is 17.3 Å². The molecule has 0 saturated heterocycles. The van der Waals surface area contributed by atoms with Gasteiger partial charge in [0.15, 0.2) is 5.75 Å². The fraction of sp³-hybridized carbons (Fsp3) is 0.222. The lowest BCUT2D eigenvalue weighted by molar-refractivity contribution is 0.107. The first-order chi connectivity index (χ1) is 7.52. The molecule has 1 rings (SSSR count). The molecule has 0 unspecified atom stereocenters. The van der Waals surface area contributed by atoms with E-state index in [1.165, 1.54) is 6.07 Å². The molecule has 0 aliphatic carbocycles. The molecule has 0 spiro atoms. The van der Waals surface area contributed by atoms with Gasteiger partial charge in [0.05, 0.1) is 12.7 Å². The van der Waals surface area contributed by atoms with Gasteiger partial charge in [-0.1, -0.05) is 0 Å². The van der Waals surface area contributed by atoms with Crippen LogP contribution in [0.3, 0.4) is 0 Å². The number of methoxy groups -OCH3 is 1. The number of carbonyl (C=O) groups excluding carboxylic acids is 1. The number of halogens is 3. The summed E-state index contributed by atoms with van der Waals surface area (Å²) in [6.45, 7) is 0. The Morgan fingerprint density at radius 1 is 1.69 bits per heavy atom. The average molecular weight is 247 g/mol. The number of ether oxygens (including phenoxy) is 1. The maximum Gasteiger partial charge on any atom is 0.281 e. The van der Waals surface area contributed by atoms with Crippen molar-refractivity contribution < 1.29 is 18.3 Å². The van der Waals surface area contributed by atoms with E-state index in [1.54, 1.807) is 0 Å². The van der Waals surface area contributed by atoms with Crippen LogP contribution in [0.5, 0.6) is 5.75 Å². The highest BCUT2D eigenvalue weighted by Gasteiger charge is 2.23. The molecule has 1 heterocycles. The molecule has 0 amide bonds. The Labute approximate surface area is 94.4 Å². The topological polar surface area (TPSA) is 63.0 Å². The number of hydrogen-bond acceptors (Lipinski definition) is 4. The number of carbonyl (C=O) groups is 1. The predicted octanol–water partition coefficient (Wildman–Crippen LogP) is 2.28. The molecular weight excluding hydrogens is 242 g/mol. The van der Waals surface area contributed by atoms with Crippen LogP contribution in [0, 0.1) is 11.3 Å². The molecule has 16 heavy (non-hydrogen) atoms. The van der Waals surface area contributed by atoms with Gasteiger partial charge >= 0.3 is 0 Å². The molecule has 0 radical (unpaired) electrons. The molecule has 0 aromatic carbocycles. The van der Waals surface area contributed by atoms with Crippen molar-refractivity contribution in [2.45, 2.75) is 6.43 Å². The SMILES string of the molecule is COc1c(C(=O)Cl)cnc(C(F)F)c1C#N. The average Bonchev–Trinajstić information content (AvgIpc) is 2.26. The maximum atomic E-state index is 12.5. The fourth-order valence-electron chi connectivity index (χ4n) is 1.13. The Balaban J connectivity index is 3.54. The number of aromatic nitrogens is 1. The van der Waals surface area contributed by atoms with E-state index in [2.05, 4.69) is 4.98 Å². The lowest BCUT2D eigenvalue weighted by Gasteiger charge is -2.09. The Bertz CT molecular complexity index is 471. The van der Waals surface area contributed by atoms with E-state index in [0.29, 0.717) is 0 Å². The van der Waals surface area contributed by atoms with Gasteiger partial charge in [-0.15, -0.1) is 0 Å². The van der Waals surface area contributed by atoms with Crippen molar-refractivity contribution in [2.75, 3.05) is 7.11 Å². The number of nitrogens with zero attached hydrogens (tertiary/aromatic N) is 2. The van der Waals surface area contributed by atoms with Gasteiger partial charge in [-0.2, -0.15) is 5.26 Å². The maximum absolute atomic E-state index is 12.5. The van der Waals surface area contributed by atoms with Gasteiger partial charge < -0.3 is 4.74 Å². The first kappa shape index (κ1) is 12.3. The summed E-state index contributed by atoms with van der Waals surface area (Å²) >= 11 is 5.19. The zero-order valence-corrected chi connectivity index (χ0v) is 8.76. The quantitative estimate of drug-likeness (QED) is 0.768. The van der Waals surface area contributed by atoms with Crippen LogP contribution in [-0.2, 0) is 0 Å². The summed E-state index contributed by atoms with van der Waals surface area (Å²) in [5, 5.41) is 7.80. The van der Waals surface area contributed by atoms with Gasteiger partial charge in [0.1, 0.15) is 17.3 Å². The van der Waals surface area contributed by atoms with Crippen LogP contribution in [0.2, 0.25) is 0 Å². The highest BCUT2D eigenvalue weighted by atomic mass is 35.5. The van der Waals surface area contributed by atoms with E-state index in [4.69, 9.17) is 21.6 Å². The molecule has 0 fully saturated rings. The van der Waals surface area contributed by atoms with Gasteiger partial charge in [-0.3, -0.25) is 9.78 Å². The van der Waals surface area contributed by atoms with Crippen molar-refractivity contribution in [3.8, 4) is 11.8 Å². The third kappa shape index (κ3) is 2.09. The fourth-order valence-corrected chi connectivity index (χ4v) is 1.27. The lowest BCUT2D eigenvalue weighted by atomic mass is 10.1. The number of alkyl halides is 2. The Morgan fingerprint density at radius 3 is 2.69 bits per heavy atom. The summed E-state index contributed by atoms with van der Waals surface area (Å²) in [6.07, 6.45) is -2.07. The summed E-state index contributed by atoms with van der Waals surface area (Å²) in [7, 11) is 1.15. The number of pyridine rings is 1. The minimum absolute atomic E-state index is 0.217.